The monoisotopic (exact) mass is 381 g/mol. The molecule has 2 amide bonds. The van der Waals surface area contributed by atoms with Gasteiger partial charge in [0.05, 0.1) is 11.4 Å². The lowest BCUT2D eigenvalue weighted by Crippen LogP contribution is -2.50. The number of amides is 2. The van der Waals surface area contributed by atoms with Gasteiger partial charge in [0.15, 0.2) is 0 Å². The Labute approximate surface area is 163 Å². The van der Waals surface area contributed by atoms with Crippen LogP contribution < -0.4 is 15.5 Å². The number of carbonyl (C=O) groups excluding carboxylic acids is 2. The van der Waals surface area contributed by atoms with Crippen molar-refractivity contribution in [2.75, 3.05) is 23.0 Å². The van der Waals surface area contributed by atoms with Crippen LogP contribution in [-0.4, -0.2) is 30.7 Å². The molecule has 2 aliphatic rings. The van der Waals surface area contributed by atoms with Gasteiger partial charge in [-0.3, -0.25) is 9.59 Å². The summed E-state index contributed by atoms with van der Waals surface area (Å²) in [4.78, 5) is 28.3. The van der Waals surface area contributed by atoms with Crippen LogP contribution in [0.5, 0.6) is 0 Å². The predicted octanol–water partition coefficient (Wildman–Crippen LogP) is 3.65. The van der Waals surface area contributed by atoms with E-state index in [1.54, 1.807) is 17.8 Å². The molecule has 2 aromatic rings. The molecule has 2 heterocycles. The number of thioether (sulfide) groups is 1. The van der Waals surface area contributed by atoms with Gasteiger partial charge in [-0.15, -0.1) is 11.8 Å². The van der Waals surface area contributed by atoms with Gasteiger partial charge in [-0.05, 0) is 61.4 Å². The Bertz CT molecular complexity index is 866. The molecule has 1 fully saturated rings. The molecule has 0 aromatic heterocycles. The molecular weight excluding hydrogens is 358 g/mol. The summed E-state index contributed by atoms with van der Waals surface area (Å²) in [5, 5.41) is 5.93. The number of hydrogen-bond donors (Lipinski definition) is 2. The average Bonchev–Trinajstić information content (AvgIpc) is 2.72. The van der Waals surface area contributed by atoms with E-state index in [0.717, 1.165) is 42.7 Å². The molecule has 5 nitrogen and oxygen atoms in total. The Kier molecular flexibility index (Phi) is 5.07. The largest absolute Gasteiger partial charge is 0.358 e. The molecule has 1 saturated heterocycles. The number of fused-ring (bicyclic) bond motifs is 3. The van der Waals surface area contributed by atoms with Crippen molar-refractivity contribution in [1.29, 1.82) is 0 Å². The SMILES string of the molecule is CSc1ccc(CNC(=O)c2ccc3c(c2)NC(=O)[C@@H]2CCCCN32)cc1. The van der Waals surface area contributed by atoms with Crippen LogP contribution in [-0.2, 0) is 11.3 Å². The fourth-order valence-electron chi connectivity index (χ4n) is 3.76. The highest BCUT2D eigenvalue weighted by Crippen LogP contribution is 2.36. The molecule has 0 unspecified atom stereocenters. The molecule has 27 heavy (non-hydrogen) atoms. The summed E-state index contributed by atoms with van der Waals surface area (Å²) in [6, 6.07) is 13.7. The van der Waals surface area contributed by atoms with Gasteiger partial charge in [0.2, 0.25) is 5.91 Å². The van der Waals surface area contributed by atoms with Crippen LogP contribution in [0.2, 0.25) is 0 Å². The van der Waals surface area contributed by atoms with Crippen LogP contribution in [0.3, 0.4) is 0 Å². The van der Waals surface area contributed by atoms with E-state index in [-0.39, 0.29) is 17.9 Å². The van der Waals surface area contributed by atoms with Crippen molar-refractivity contribution in [3.8, 4) is 0 Å². The zero-order valence-corrected chi connectivity index (χ0v) is 16.1. The van der Waals surface area contributed by atoms with Crippen molar-refractivity contribution in [2.24, 2.45) is 0 Å². The van der Waals surface area contributed by atoms with E-state index in [9.17, 15) is 9.59 Å². The summed E-state index contributed by atoms with van der Waals surface area (Å²) in [5.74, 6) is -0.101. The average molecular weight is 382 g/mol. The molecule has 6 heteroatoms. The van der Waals surface area contributed by atoms with E-state index in [0.29, 0.717) is 12.1 Å². The lowest BCUT2D eigenvalue weighted by molar-refractivity contribution is -0.118. The van der Waals surface area contributed by atoms with E-state index in [1.165, 1.54) is 4.90 Å². The maximum atomic E-state index is 12.5. The van der Waals surface area contributed by atoms with E-state index < -0.39 is 0 Å². The second-order valence-electron chi connectivity index (χ2n) is 6.96. The Balaban J connectivity index is 1.47. The van der Waals surface area contributed by atoms with Crippen molar-refractivity contribution in [2.45, 2.75) is 36.7 Å². The van der Waals surface area contributed by atoms with E-state index in [4.69, 9.17) is 0 Å². The number of hydrogen-bond acceptors (Lipinski definition) is 4. The number of benzene rings is 2. The third-order valence-electron chi connectivity index (χ3n) is 5.24. The van der Waals surface area contributed by atoms with Crippen molar-refractivity contribution in [3.05, 3.63) is 53.6 Å². The smallest absolute Gasteiger partial charge is 0.251 e. The first-order valence-electron chi connectivity index (χ1n) is 9.28. The molecule has 2 aliphatic heterocycles. The van der Waals surface area contributed by atoms with Crippen LogP contribution in [0.25, 0.3) is 0 Å². The Morgan fingerprint density at radius 3 is 2.81 bits per heavy atom. The number of carbonyl (C=O) groups is 2. The molecule has 2 N–H and O–H groups in total. The topological polar surface area (TPSA) is 61.4 Å². The first kappa shape index (κ1) is 17.9. The first-order valence-corrected chi connectivity index (χ1v) is 10.5. The highest BCUT2D eigenvalue weighted by Gasteiger charge is 2.34. The Morgan fingerprint density at radius 1 is 1.22 bits per heavy atom. The number of rotatable bonds is 4. The third kappa shape index (κ3) is 3.67. The number of piperidine rings is 1. The highest BCUT2D eigenvalue weighted by atomic mass is 32.2. The number of nitrogens with zero attached hydrogens (tertiary/aromatic N) is 1. The van der Waals surface area contributed by atoms with Crippen molar-refractivity contribution < 1.29 is 9.59 Å². The molecule has 4 rings (SSSR count). The van der Waals surface area contributed by atoms with E-state index >= 15 is 0 Å². The van der Waals surface area contributed by atoms with E-state index in [2.05, 4.69) is 27.7 Å². The summed E-state index contributed by atoms with van der Waals surface area (Å²) in [7, 11) is 0. The summed E-state index contributed by atoms with van der Waals surface area (Å²) < 4.78 is 0. The van der Waals surface area contributed by atoms with Gasteiger partial charge in [-0.2, -0.15) is 0 Å². The maximum absolute atomic E-state index is 12.5. The van der Waals surface area contributed by atoms with Crippen molar-refractivity contribution in [3.63, 3.8) is 0 Å². The van der Waals surface area contributed by atoms with Crippen molar-refractivity contribution in [1.82, 2.24) is 5.32 Å². The zero-order chi connectivity index (χ0) is 18.8. The Morgan fingerprint density at radius 2 is 2.04 bits per heavy atom. The van der Waals surface area contributed by atoms with Gasteiger partial charge >= 0.3 is 0 Å². The van der Waals surface area contributed by atoms with Gasteiger partial charge in [0, 0.05) is 23.5 Å². The molecule has 0 radical (unpaired) electrons. The molecule has 0 bridgehead atoms. The van der Waals surface area contributed by atoms with Crippen molar-refractivity contribution >= 4 is 35.0 Å². The van der Waals surface area contributed by atoms with Gasteiger partial charge in [0.1, 0.15) is 6.04 Å². The number of nitrogens with one attached hydrogen (secondary N) is 2. The van der Waals surface area contributed by atoms with Crippen LogP contribution >= 0.6 is 11.8 Å². The Hall–Kier alpha value is -2.47. The highest BCUT2D eigenvalue weighted by molar-refractivity contribution is 7.98. The molecule has 1 atom stereocenters. The van der Waals surface area contributed by atoms with Crippen LogP contribution in [0, 0.1) is 0 Å². The minimum absolute atomic E-state index is 0.0358. The standard InChI is InChI=1S/C21H23N3O2S/c1-27-16-8-5-14(6-9-16)13-22-20(25)15-7-10-18-17(12-15)23-21(26)19-4-2-3-11-24(18)19/h5-10,12,19H,2-4,11,13H2,1H3,(H,22,25)(H,23,26)/t19-/m0/s1. The fraction of sp³-hybridized carbons (Fsp3) is 0.333. The van der Waals surface area contributed by atoms with Gasteiger partial charge in [-0.25, -0.2) is 0 Å². The summed E-state index contributed by atoms with van der Waals surface area (Å²) in [6.07, 6.45) is 5.11. The molecule has 0 saturated carbocycles. The lowest BCUT2D eigenvalue weighted by Gasteiger charge is -2.41. The minimum atomic E-state index is -0.137. The minimum Gasteiger partial charge on any atom is -0.358 e. The molecule has 2 aromatic carbocycles. The molecule has 0 spiro atoms. The van der Waals surface area contributed by atoms with Crippen LogP contribution in [0.15, 0.2) is 47.4 Å². The van der Waals surface area contributed by atoms with Crippen LogP contribution in [0.1, 0.15) is 35.2 Å². The summed E-state index contributed by atoms with van der Waals surface area (Å²) in [5.41, 5.74) is 3.37. The maximum Gasteiger partial charge on any atom is 0.251 e. The molecular formula is C21H23N3O2S. The fourth-order valence-corrected chi connectivity index (χ4v) is 4.17. The quantitative estimate of drug-likeness (QED) is 0.794. The van der Waals surface area contributed by atoms with Crippen LogP contribution in [0.4, 0.5) is 11.4 Å². The third-order valence-corrected chi connectivity index (χ3v) is 5.99. The first-order chi connectivity index (χ1) is 13.2. The zero-order valence-electron chi connectivity index (χ0n) is 15.3. The van der Waals surface area contributed by atoms with E-state index in [1.807, 2.05) is 30.5 Å². The lowest BCUT2D eigenvalue weighted by atomic mass is 9.97. The van der Waals surface area contributed by atoms with Gasteiger partial charge in [0.25, 0.3) is 5.91 Å². The summed E-state index contributed by atoms with van der Waals surface area (Å²) >= 11 is 1.69. The number of anilines is 2. The van der Waals surface area contributed by atoms with Gasteiger partial charge in [-0.1, -0.05) is 12.1 Å². The predicted molar refractivity (Wildman–Crippen MR) is 109 cm³/mol. The molecule has 140 valence electrons. The summed E-state index contributed by atoms with van der Waals surface area (Å²) in [6.45, 7) is 1.37. The second kappa shape index (κ2) is 7.64. The van der Waals surface area contributed by atoms with Gasteiger partial charge < -0.3 is 15.5 Å². The normalized spacial score (nSPS) is 18.3. The second-order valence-corrected chi connectivity index (χ2v) is 7.84. The molecule has 0 aliphatic carbocycles.